The van der Waals surface area contributed by atoms with Crippen LogP contribution < -0.4 is 11.1 Å². The van der Waals surface area contributed by atoms with E-state index in [1.807, 2.05) is 6.26 Å². The minimum absolute atomic E-state index is 0.413. The van der Waals surface area contributed by atoms with Crippen molar-refractivity contribution in [2.75, 3.05) is 37.9 Å². The Morgan fingerprint density at radius 3 is 2.59 bits per heavy atom. The van der Waals surface area contributed by atoms with Gasteiger partial charge in [-0.25, -0.2) is 0 Å². The van der Waals surface area contributed by atoms with Crippen molar-refractivity contribution in [2.45, 2.75) is 24.8 Å². The summed E-state index contributed by atoms with van der Waals surface area (Å²) in [4.78, 5) is 3.26. The third kappa shape index (κ3) is 4.04. The molecule has 0 aliphatic carbocycles. The van der Waals surface area contributed by atoms with Gasteiger partial charge in [0.25, 0.3) is 0 Å². The van der Waals surface area contributed by atoms with Crippen molar-refractivity contribution in [3.05, 3.63) is 0 Å². The molecular formula is C11H22N4S2. The van der Waals surface area contributed by atoms with Gasteiger partial charge in [-0.1, -0.05) is 13.8 Å². The highest BCUT2D eigenvalue weighted by Crippen LogP contribution is 2.35. The number of likely N-dealkylation sites (N-methyl/N-ethyl adjacent to an activating group) is 1. The molecule has 1 unspecified atom stereocenters. The number of hydrogen-bond acceptors (Lipinski definition) is 6. The molecule has 1 heterocycles. The van der Waals surface area contributed by atoms with Gasteiger partial charge in [-0.2, -0.15) is 4.37 Å². The van der Waals surface area contributed by atoms with E-state index in [-0.39, 0.29) is 0 Å². The molecule has 0 saturated carbocycles. The molecule has 4 nitrogen and oxygen atoms in total. The lowest BCUT2D eigenvalue weighted by molar-refractivity contribution is 0.345. The summed E-state index contributed by atoms with van der Waals surface area (Å²) in [6, 6.07) is 0.413. The molecule has 0 bridgehead atoms. The summed E-state index contributed by atoms with van der Waals surface area (Å²) < 4.78 is 4.20. The fourth-order valence-electron chi connectivity index (χ4n) is 1.57. The average molecular weight is 274 g/mol. The van der Waals surface area contributed by atoms with Gasteiger partial charge in [-0.15, -0.1) is 11.8 Å². The summed E-state index contributed by atoms with van der Waals surface area (Å²) in [6.07, 6.45) is 2.03. The van der Waals surface area contributed by atoms with Crippen LogP contribution in [-0.4, -0.2) is 42.2 Å². The van der Waals surface area contributed by atoms with Crippen molar-refractivity contribution in [3.63, 3.8) is 0 Å². The highest BCUT2D eigenvalue weighted by Gasteiger charge is 2.18. The molecule has 1 atom stereocenters. The number of nitrogens with zero attached hydrogens (tertiary/aromatic N) is 2. The molecule has 1 aromatic heterocycles. The predicted octanol–water partition coefficient (Wildman–Crippen LogP) is 2.45. The van der Waals surface area contributed by atoms with Crippen LogP contribution in [0, 0.1) is 5.92 Å². The molecule has 98 valence electrons. The number of hydrogen-bond donors (Lipinski definition) is 2. The molecule has 17 heavy (non-hydrogen) atoms. The van der Waals surface area contributed by atoms with Crippen LogP contribution in [0.2, 0.25) is 0 Å². The number of nitrogens with one attached hydrogen (secondary N) is 1. The number of rotatable bonds is 6. The van der Waals surface area contributed by atoms with Crippen LogP contribution in [0.4, 0.5) is 10.8 Å². The second-order valence-corrected chi connectivity index (χ2v) is 6.28. The zero-order chi connectivity index (χ0) is 13.0. The largest absolute Gasteiger partial charge is 0.382 e. The van der Waals surface area contributed by atoms with Gasteiger partial charge in [0.05, 0.1) is 4.90 Å². The van der Waals surface area contributed by atoms with Crippen LogP contribution in [0.5, 0.6) is 0 Å². The number of thioether (sulfide) groups is 1. The van der Waals surface area contributed by atoms with Gasteiger partial charge in [0.2, 0.25) is 0 Å². The lowest BCUT2D eigenvalue weighted by atomic mass is 10.0. The zero-order valence-corrected chi connectivity index (χ0v) is 12.8. The SMILES string of the molecule is CSc1c(N)nsc1NC(CN(C)C)C(C)C. The maximum Gasteiger partial charge on any atom is 0.153 e. The molecule has 0 aliphatic rings. The van der Waals surface area contributed by atoms with E-state index in [2.05, 4.69) is 42.5 Å². The first-order valence-electron chi connectivity index (χ1n) is 5.66. The van der Waals surface area contributed by atoms with E-state index in [9.17, 15) is 0 Å². The second kappa shape index (κ2) is 6.47. The fourth-order valence-corrected chi connectivity index (χ4v) is 3.16. The van der Waals surface area contributed by atoms with E-state index < -0.39 is 0 Å². The summed E-state index contributed by atoms with van der Waals surface area (Å²) in [5.41, 5.74) is 5.83. The van der Waals surface area contributed by atoms with E-state index in [1.165, 1.54) is 11.5 Å². The second-order valence-electron chi connectivity index (χ2n) is 4.69. The van der Waals surface area contributed by atoms with E-state index in [0.717, 1.165) is 16.4 Å². The van der Waals surface area contributed by atoms with E-state index in [1.54, 1.807) is 11.8 Å². The first kappa shape index (κ1) is 14.6. The van der Waals surface area contributed by atoms with Gasteiger partial charge in [0, 0.05) is 12.6 Å². The molecule has 0 spiro atoms. The van der Waals surface area contributed by atoms with Crippen molar-refractivity contribution in [3.8, 4) is 0 Å². The molecule has 3 N–H and O–H groups in total. The van der Waals surface area contributed by atoms with Crippen LogP contribution in [-0.2, 0) is 0 Å². The van der Waals surface area contributed by atoms with Crippen LogP contribution in [0.25, 0.3) is 0 Å². The summed E-state index contributed by atoms with van der Waals surface area (Å²) in [7, 11) is 4.18. The summed E-state index contributed by atoms with van der Waals surface area (Å²) >= 11 is 3.10. The molecule has 0 radical (unpaired) electrons. The van der Waals surface area contributed by atoms with Crippen molar-refractivity contribution < 1.29 is 0 Å². The number of aromatic nitrogens is 1. The third-order valence-electron chi connectivity index (χ3n) is 2.56. The van der Waals surface area contributed by atoms with Gasteiger partial charge < -0.3 is 16.0 Å². The standard InChI is InChI=1S/C11H22N4S2/c1-7(2)8(6-15(3)4)13-11-9(16-5)10(12)14-17-11/h7-8,13H,6H2,1-5H3,(H2,12,14). The third-order valence-corrected chi connectivity index (χ3v) is 4.30. The van der Waals surface area contributed by atoms with E-state index in [4.69, 9.17) is 5.73 Å². The van der Waals surface area contributed by atoms with E-state index in [0.29, 0.717) is 17.8 Å². The molecule has 6 heteroatoms. The van der Waals surface area contributed by atoms with Gasteiger partial charge in [-0.05, 0) is 37.8 Å². The monoisotopic (exact) mass is 274 g/mol. The normalized spacial score (nSPS) is 13.4. The maximum absolute atomic E-state index is 5.83. The van der Waals surface area contributed by atoms with Crippen molar-refractivity contribution >= 4 is 34.1 Å². The van der Waals surface area contributed by atoms with Crippen molar-refractivity contribution in [1.29, 1.82) is 0 Å². The van der Waals surface area contributed by atoms with Crippen LogP contribution in [0.3, 0.4) is 0 Å². The average Bonchev–Trinajstić information content (AvgIpc) is 2.57. The zero-order valence-electron chi connectivity index (χ0n) is 11.2. The van der Waals surface area contributed by atoms with Crippen molar-refractivity contribution in [1.82, 2.24) is 9.27 Å². The van der Waals surface area contributed by atoms with Crippen LogP contribution >= 0.6 is 23.3 Å². The smallest absolute Gasteiger partial charge is 0.153 e. The Labute approximate surface area is 112 Å². The summed E-state index contributed by atoms with van der Waals surface area (Å²) in [6.45, 7) is 5.46. The summed E-state index contributed by atoms with van der Waals surface area (Å²) in [5.74, 6) is 1.20. The lowest BCUT2D eigenvalue weighted by Gasteiger charge is -2.26. The first-order chi connectivity index (χ1) is 7.95. The Morgan fingerprint density at radius 2 is 2.12 bits per heavy atom. The molecule has 0 saturated heterocycles. The minimum atomic E-state index is 0.413. The van der Waals surface area contributed by atoms with Gasteiger partial charge in [-0.3, -0.25) is 0 Å². The molecule has 1 rings (SSSR count). The molecule has 0 amide bonds. The summed E-state index contributed by atoms with van der Waals surface area (Å²) in [5, 5.41) is 4.66. The fraction of sp³-hybridized carbons (Fsp3) is 0.727. The molecule has 0 aromatic carbocycles. The Balaban J connectivity index is 2.78. The highest BCUT2D eigenvalue weighted by atomic mass is 32.2. The Kier molecular flexibility index (Phi) is 5.55. The quantitative estimate of drug-likeness (QED) is 0.780. The number of anilines is 2. The molecule has 0 aliphatic heterocycles. The molecule has 0 fully saturated rings. The predicted molar refractivity (Wildman–Crippen MR) is 79.1 cm³/mol. The number of nitrogens with two attached hydrogens (primary N) is 1. The Morgan fingerprint density at radius 1 is 1.47 bits per heavy atom. The van der Waals surface area contributed by atoms with Gasteiger partial charge in [0.15, 0.2) is 5.82 Å². The topological polar surface area (TPSA) is 54.2 Å². The first-order valence-corrected chi connectivity index (χ1v) is 7.66. The Bertz CT molecular complexity index is 349. The van der Waals surface area contributed by atoms with Crippen LogP contribution in [0.15, 0.2) is 4.90 Å². The molecule has 1 aromatic rings. The number of nitrogen functional groups attached to an aromatic ring is 1. The van der Waals surface area contributed by atoms with Gasteiger partial charge >= 0.3 is 0 Å². The van der Waals surface area contributed by atoms with E-state index >= 15 is 0 Å². The molecular weight excluding hydrogens is 252 g/mol. The Hall–Kier alpha value is -0.460. The van der Waals surface area contributed by atoms with Crippen LogP contribution in [0.1, 0.15) is 13.8 Å². The minimum Gasteiger partial charge on any atom is -0.382 e. The maximum atomic E-state index is 5.83. The lowest BCUT2D eigenvalue weighted by Crippen LogP contribution is -2.36. The highest BCUT2D eigenvalue weighted by molar-refractivity contribution is 7.99. The van der Waals surface area contributed by atoms with Crippen molar-refractivity contribution in [2.24, 2.45) is 5.92 Å². The van der Waals surface area contributed by atoms with Gasteiger partial charge in [0.1, 0.15) is 5.00 Å².